The molecule has 1 saturated heterocycles. The van der Waals surface area contributed by atoms with E-state index in [2.05, 4.69) is 10.3 Å². The summed E-state index contributed by atoms with van der Waals surface area (Å²) in [7, 11) is 0. The lowest BCUT2D eigenvalue weighted by Crippen LogP contribution is -2.22. The van der Waals surface area contributed by atoms with Crippen LogP contribution in [0.4, 0.5) is 5.82 Å². The number of thiocarbonyl (C=S) groups is 1. The van der Waals surface area contributed by atoms with Gasteiger partial charge in [-0.15, -0.1) is 0 Å². The highest BCUT2D eigenvalue weighted by Crippen LogP contribution is 2.15. The van der Waals surface area contributed by atoms with Crippen LogP contribution in [0.3, 0.4) is 0 Å². The van der Waals surface area contributed by atoms with Crippen LogP contribution in [0.15, 0.2) is 18.3 Å². The minimum absolute atomic E-state index is 0.394. The van der Waals surface area contributed by atoms with E-state index in [-0.39, 0.29) is 0 Å². The van der Waals surface area contributed by atoms with E-state index in [1.807, 2.05) is 12.1 Å². The van der Waals surface area contributed by atoms with Gasteiger partial charge in [0.1, 0.15) is 10.8 Å². The van der Waals surface area contributed by atoms with Crippen LogP contribution in [0.2, 0.25) is 0 Å². The molecule has 1 fully saturated rings. The van der Waals surface area contributed by atoms with Crippen molar-refractivity contribution >= 4 is 23.0 Å². The number of aromatic nitrogens is 1. The minimum atomic E-state index is 0.394. The van der Waals surface area contributed by atoms with Crippen LogP contribution in [0.1, 0.15) is 31.2 Å². The molecular weight excluding hydrogens is 246 g/mol. The zero-order chi connectivity index (χ0) is 12.8. The fourth-order valence-corrected chi connectivity index (χ4v) is 2.20. The van der Waals surface area contributed by atoms with E-state index in [4.69, 9.17) is 22.7 Å². The zero-order valence-electron chi connectivity index (χ0n) is 10.4. The number of anilines is 1. The highest BCUT2D eigenvalue weighted by Gasteiger charge is 2.13. The van der Waals surface area contributed by atoms with E-state index in [0.29, 0.717) is 11.1 Å². The van der Waals surface area contributed by atoms with Crippen LogP contribution in [-0.2, 0) is 4.74 Å². The number of nitrogens with one attached hydrogen (secondary N) is 1. The summed E-state index contributed by atoms with van der Waals surface area (Å²) in [5, 5.41) is 3.28. The Morgan fingerprint density at radius 2 is 2.44 bits per heavy atom. The van der Waals surface area contributed by atoms with Crippen molar-refractivity contribution in [2.24, 2.45) is 5.73 Å². The van der Waals surface area contributed by atoms with E-state index in [1.54, 1.807) is 6.20 Å². The number of hydrogen-bond donors (Lipinski definition) is 2. The van der Waals surface area contributed by atoms with Gasteiger partial charge in [-0.05, 0) is 37.8 Å². The van der Waals surface area contributed by atoms with Gasteiger partial charge in [-0.25, -0.2) is 4.98 Å². The summed E-state index contributed by atoms with van der Waals surface area (Å²) in [6, 6.07) is 3.70. The Labute approximate surface area is 113 Å². The van der Waals surface area contributed by atoms with E-state index in [1.165, 1.54) is 19.3 Å². The first kappa shape index (κ1) is 13.2. The van der Waals surface area contributed by atoms with Crippen LogP contribution < -0.4 is 11.1 Å². The van der Waals surface area contributed by atoms with Crippen molar-refractivity contribution in [1.29, 1.82) is 0 Å². The summed E-state index contributed by atoms with van der Waals surface area (Å²) in [5.74, 6) is 0.816. The molecule has 0 amide bonds. The molecule has 18 heavy (non-hydrogen) atoms. The quantitative estimate of drug-likeness (QED) is 0.798. The molecule has 0 bridgehead atoms. The van der Waals surface area contributed by atoms with Gasteiger partial charge in [0.2, 0.25) is 0 Å². The van der Waals surface area contributed by atoms with Gasteiger partial charge >= 0.3 is 0 Å². The molecule has 1 atom stereocenters. The lowest BCUT2D eigenvalue weighted by molar-refractivity contribution is 0.0134. The molecule has 3 N–H and O–H groups in total. The van der Waals surface area contributed by atoms with Crippen molar-refractivity contribution in [1.82, 2.24) is 4.98 Å². The number of hydrogen-bond acceptors (Lipinski definition) is 4. The predicted octanol–water partition coefficient (Wildman–Crippen LogP) is 2.09. The summed E-state index contributed by atoms with van der Waals surface area (Å²) >= 11 is 4.94. The van der Waals surface area contributed by atoms with Crippen molar-refractivity contribution in [3.8, 4) is 0 Å². The van der Waals surface area contributed by atoms with Gasteiger partial charge in [0.15, 0.2) is 0 Å². The van der Waals surface area contributed by atoms with E-state index < -0.39 is 0 Å². The Morgan fingerprint density at radius 1 is 1.56 bits per heavy atom. The molecule has 0 aliphatic carbocycles. The normalized spacial score (nSPS) is 19.4. The monoisotopic (exact) mass is 265 g/mol. The third kappa shape index (κ3) is 3.92. The maximum Gasteiger partial charge on any atom is 0.126 e. The number of pyridine rings is 1. The summed E-state index contributed by atoms with van der Waals surface area (Å²) in [6.45, 7) is 1.76. The highest BCUT2D eigenvalue weighted by atomic mass is 32.1. The number of nitrogens with zero attached hydrogens (tertiary/aromatic N) is 1. The summed E-state index contributed by atoms with van der Waals surface area (Å²) in [5.41, 5.74) is 6.43. The topological polar surface area (TPSA) is 60.2 Å². The molecule has 0 aromatic carbocycles. The van der Waals surface area contributed by atoms with Crippen LogP contribution in [0.25, 0.3) is 0 Å². The van der Waals surface area contributed by atoms with Gasteiger partial charge < -0.3 is 15.8 Å². The second-order valence-electron chi connectivity index (χ2n) is 4.50. The molecule has 4 nitrogen and oxygen atoms in total. The molecule has 2 rings (SSSR count). The molecule has 1 aromatic heterocycles. The average Bonchev–Trinajstić information content (AvgIpc) is 2.40. The minimum Gasteiger partial charge on any atom is -0.389 e. The fraction of sp³-hybridized carbons (Fsp3) is 0.538. The molecule has 1 aliphatic rings. The summed E-state index contributed by atoms with van der Waals surface area (Å²) in [4.78, 5) is 4.64. The third-order valence-electron chi connectivity index (χ3n) is 3.09. The second kappa shape index (κ2) is 6.66. The zero-order valence-corrected chi connectivity index (χ0v) is 11.2. The van der Waals surface area contributed by atoms with Gasteiger partial charge in [0, 0.05) is 24.9 Å². The Morgan fingerprint density at radius 3 is 3.17 bits per heavy atom. The second-order valence-corrected chi connectivity index (χ2v) is 4.94. The Hall–Kier alpha value is -1.20. The van der Waals surface area contributed by atoms with Crippen molar-refractivity contribution in [2.75, 3.05) is 18.5 Å². The van der Waals surface area contributed by atoms with Gasteiger partial charge in [0.05, 0.1) is 6.10 Å². The first-order valence-electron chi connectivity index (χ1n) is 6.37. The SMILES string of the molecule is NC(=S)c1ccnc(NCCC2CCCCO2)c1. The van der Waals surface area contributed by atoms with Gasteiger partial charge in [-0.1, -0.05) is 12.2 Å². The fourth-order valence-electron chi connectivity index (χ4n) is 2.08. The molecule has 1 aliphatic heterocycles. The van der Waals surface area contributed by atoms with Crippen LogP contribution in [0.5, 0.6) is 0 Å². The lowest BCUT2D eigenvalue weighted by Gasteiger charge is -2.22. The van der Waals surface area contributed by atoms with Crippen molar-refractivity contribution in [2.45, 2.75) is 31.8 Å². The van der Waals surface area contributed by atoms with E-state index in [0.717, 1.165) is 31.0 Å². The number of nitrogens with two attached hydrogens (primary N) is 1. The van der Waals surface area contributed by atoms with Crippen LogP contribution in [0, 0.1) is 0 Å². The van der Waals surface area contributed by atoms with Gasteiger partial charge in [0.25, 0.3) is 0 Å². The van der Waals surface area contributed by atoms with Crippen molar-refractivity contribution in [3.63, 3.8) is 0 Å². The smallest absolute Gasteiger partial charge is 0.126 e. The van der Waals surface area contributed by atoms with E-state index >= 15 is 0 Å². The first-order chi connectivity index (χ1) is 8.75. The molecule has 5 heteroatoms. The molecule has 98 valence electrons. The molecule has 0 spiro atoms. The number of ether oxygens (including phenoxy) is 1. The molecule has 0 saturated carbocycles. The third-order valence-corrected chi connectivity index (χ3v) is 3.33. The van der Waals surface area contributed by atoms with E-state index in [9.17, 15) is 0 Å². The standard InChI is InChI=1S/C13H19N3OS/c14-13(18)10-4-6-15-12(9-10)16-7-5-11-3-1-2-8-17-11/h4,6,9,11H,1-3,5,7-8H2,(H2,14,18)(H,15,16). The highest BCUT2D eigenvalue weighted by molar-refractivity contribution is 7.80. The van der Waals surface area contributed by atoms with Gasteiger partial charge in [-0.2, -0.15) is 0 Å². The molecule has 1 aromatic rings. The largest absolute Gasteiger partial charge is 0.389 e. The Bertz CT molecular complexity index is 405. The molecule has 2 heterocycles. The summed E-state index contributed by atoms with van der Waals surface area (Å²) in [6.07, 6.45) is 6.76. The predicted molar refractivity (Wildman–Crippen MR) is 76.8 cm³/mol. The Kier molecular flexibility index (Phi) is 4.90. The maximum atomic E-state index is 5.68. The molecule has 1 unspecified atom stereocenters. The molecular formula is C13H19N3OS. The summed E-state index contributed by atoms with van der Waals surface area (Å²) < 4.78 is 5.68. The number of rotatable bonds is 5. The first-order valence-corrected chi connectivity index (χ1v) is 6.78. The van der Waals surface area contributed by atoms with Crippen LogP contribution in [-0.4, -0.2) is 29.2 Å². The van der Waals surface area contributed by atoms with Crippen molar-refractivity contribution < 1.29 is 4.74 Å². The van der Waals surface area contributed by atoms with Crippen LogP contribution >= 0.6 is 12.2 Å². The maximum absolute atomic E-state index is 5.68. The lowest BCUT2D eigenvalue weighted by atomic mass is 10.1. The Balaban J connectivity index is 1.78. The molecule has 0 radical (unpaired) electrons. The van der Waals surface area contributed by atoms with Crippen molar-refractivity contribution in [3.05, 3.63) is 23.9 Å². The average molecular weight is 265 g/mol. The van der Waals surface area contributed by atoms with Gasteiger partial charge in [-0.3, -0.25) is 0 Å².